The number of hydrogen-bond acceptors (Lipinski definition) is 4. The maximum Gasteiger partial charge on any atom is 0.335 e. The summed E-state index contributed by atoms with van der Waals surface area (Å²) < 4.78 is 5.53. The molecule has 94 valence electrons. The molecule has 0 aliphatic carbocycles. The van der Waals surface area contributed by atoms with Crippen molar-refractivity contribution in [2.45, 2.75) is 19.4 Å². The third kappa shape index (κ3) is 2.04. The molecular formula is C12H11NO5. The van der Waals surface area contributed by atoms with Gasteiger partial charge < -0.3 is 9.84 Å². The highest BCUT2D eigenvalue weighted by atomic mass is 16.6. The van der Waals surface area contributed by atoms with Gasteiger partial charge in [-0.2, -0.15) is 0 Å². The van der Waals surface area contributed by atoms with E-state index >= 15 is 0 Å². The molecular weight excluding hydrogens is 238 g/mol. The van der Waals surface area contributed by atoms with Gasteiger partial charge in [-0.05, 0) is 26.0 Å². The molecule has 0 amide bonds. The summed E-state index contributed by atoms with van der Waals surface area (Å²) in [7, 11) is 0. The van der Waals surface area contributed by atoms with E-state index in [4.69, 9.17) is 9.84 Å². The van der Waals surface area contributed by atoms with Crippen molar-refractivity contribution in [1.29, 1.82) is 0 Å². The van der Waals surface area contributed by atoms with Crippen LogP contribution < -0.4 is 4.74 Å². The van der Waals surface area contributed by atoms with Gasteiger partial charge in [0.05, 0.1) is 10.5 Å². The molecule has 6 heteroatoms. The van der Waals surface area contributed by atoms with Gasteiger partial charge in [0.2, 0.25) is 5.75 Å². The number of aromatic carboxylic acids is 1. The maximum atomic E-state index is 11.0. The van der Waals surface area contributed by atoms with Gasteiger partial charge in [0.15, 0.2) is 0 Å². The van der Waals surface area contributed by atoms with Crippen LogP contribution >= 0.6 is 0 Å². The fourth-order valence-corrected chi connectivity index (χ4v) is 1.72. The molecule has 0 atom stereocenters. The lowest BCUT2D eigenvalue weighted by molar-refractivity contribution is -0.386. The molecule has 0 fully saturated rings. The van der Waals surface area contributed by atoms with Crippen molar-refractivity contribution in [3.05, 3.63) is 39.4 Å². The van der Waals surface area contributed by atoms with E-state index in [2.05, 4.69) is 0 Å². The van der Waals surface area contributed by atoms with E-state index in [1.54, 1.807) is 26.0 Å². The molecule has 1 aromatic rings. The van der Waals surface area contributed by atoms with Crippen LogP contribution in [0.25, 0.3) is 6.08 Å². The average Bonchev–Trinajstić information content (AvgIpc) is 2.26. The predicted octanol–water partition coefficient (Wildman–Crippen LogP) is 2.48. The van der Waals surface area contributed by atoms with Gasteiger partial charge >= 0.3 is 11.7 Å². The van der Waals surface area contributed by atoms with Crippen LogP contribution in [-0.4, -0.2) is 21.6 Å². The molecule has 0 bridgehead atoms. The number of benzene rings is 1. The number of nitro groups is 1. The Bertz CT molecular complexity index is 574. The molecule has 0 spiro atoms. The second-order valence-corrected chi connectivity index (χ2v) is 4.51. The smallest absolute Gasteiger partial charge is 0.335 e. The van der Waals surface area contributed by atoms with Crippen LogP contribution in [0.5, 0.6) is 5.75 Å². The van der Waals surface area contributed by atoms with Crippen LogP contribution in [0.15, 0.2) is 18.2 Å². The van der Waals surface area contributed by atoms with Crippen molar-refractivity contribution in [3.8, 4) is 5.75 Å². The average molecular weight is 249 g/mol. The molecule has 1 aliphatic rings. The number of hydrogen-bond donors (Lipinski definition) is 1. The lowest BCUT2D eigenvalue weighted by Gasteiger charge is -2.27. The van der Waals surface area contributed by atoms with Gasteiger partial charge in [-0.3, -0.25) is 10.1 Å². The highest BCUT2D eigenvalue weighted by Gasteiger charge is 2.30. The molecule has 0 saturated heterocycles. The van der Waals surface area contributed by atoms with E-state index < -0.39 is 16.5 Å². The van der Waals surface area contributed by atoms with Crippen LogP contribution in [0.3, 0.4) is 0 Å². The van der Waals surface area contributed by atoms with Crippen molar-refractivity contribution in [2.75, 3.05) is 0 Å². The summed E-state index contributed by atoms with van der Waals surface area (Å²) in [5.41, 5.74) is -0.709. The van der Waals surface area contributed by atoms with Crippen molar-refractivity contribution < 1.29 is 19.6 Å². The van der Waals surface area contributed by atoms with Crippen LogP contribution in [-0.2, 0) is 0 Å². The lowest BCUT2D eigenvalue weighted by atomic mass is 10.00. The molecule has 0 aromatic heterocycles. The molecule has 6 nitrogen and oxygen atoms in total. The van der Waals surface area contributed by atoms with Gasteiger partial charge in [0.25, 0.3) is 0 Å². The molecule has 1 aliphatic heterocycles. The summed E-state index contributed by atoms with van der Waals surface area (Å²) in [5, 5.41) is 19.9. The largest absolute Gasteiger partial charge is 0.478 e. The molecule has 2 rings (SSSR count). The van der Waals surface area contributed by atoms with E-state index in [0.29, 0.717) is 5.56 Å². The third-order valence-corrected chi connectivity index (χ3v) is 2.57. The number of carboxylic acids is 1. The van der Waals surface area contributed by atoms with Crippen molar-refractivity contribution in [3.63, 3.8) is 0 Å². The minimum absolute atomic E-state index is 0.109. The fourth-order valence-electron chi connectivity index (χ4n) is 1.72. The summed E-state index contributed by atoms with van der Waals surface area (Å²) in [6, 6.07) is 2.37. The maximum absolute atomic E-state index is 11.0. The topological polar surface area (TPSA) is 89.7 Å². The Morgan fingerprint density at radius 3 is 2.67 bits per heavy atom. The summed E-state index contributed by atoms with van der Waals surface area (Å²) in [6.45, 7) is 3.53. The van der Waals surface area contributed by atoms with E-state index in [-0.39, 0.29) is 17.0 Å². The number of fused-ring (bicyclic) bond motifs is 1. The summed E-state index contributed by atoms with van der Waals surface area (Å²) >= 11 is 0. The van der Waals surface area contributed by atoms with E-state index in [1.165, 1.54) is 6.07 Å². The van der Waals surface area contributed by atoms with Crippen LogP contribution in [0.4, 0.5) is 5.69 Å². The van der Waals surface area contributed by atoms with Crippen LogP contribution in [0, 0.1) is 10.1 Å². The quantitative estimate of drug-likeness (QED) is 0.642. The number of carbonyl (C=O) groups is 1. The number of carboxylic acid groups (broad SMARTS) is 1. The Morgan fingerprint density at radius 2 is 2.11 bits per heavy atom. The monoisotopic (exact) mass is 249 g/mol. The lowest BCUT2D eigenvalue weighted by Crippen LogP contribution is -2.28. The van der Waals surface area contributed by atoms with Gasteiger partial charge in [0, 0.05) is 11.6 Å². The molecule has 1 N–H and O–H groups in total. The minimum Gasteiger partial charge on any atom is -0.478 e. The van der Waals surface area contributed by atoms with E-state index in [9.17, 15) is 14.9 Å². The number of rotatable bonds is 2. The van der Waals surface area contributed by atoms with Gasteiger partial charge in [-0.15, -0.1) is 0 Å². The van der Waals surface area contributed by atoms with Crippen molar-refractivity contribution in [1.82, 2.24) is 0 Å². The Hall–Kier alpha value is -2.37. The molecule has 0 radical (unpaired) electrons. The van der Waals surface area contributed by atoms with Crippen molar-refractivity contribution >= 4 is 17.7 Å². The number of ether oxygens (including phenoxy) is 1. The minimum atomic E-state index is -1.21. The Morgan fingerprint density at radius 1 is 1.44 bits per heavy atom. The second-order valence-electron chi connectivity index (χ2n) is 4.51. The zero-order valence-electron chi connectivity index (χ0n) is 9.84. The van der Waals surface area contributed by atoms with Gasteiger partial charge in [0.1, 0.15) is 5.60 Å². The van der Waals surface area contributed by atoms with E-state index in [0.717, 1.165) is 6.07 Å². The first-order valence-corrected chi connectivity index (χ1v) is 5.24. The fraction of sp³-hybridized carbons (Fsp3) is 0.250. The molecule has 1 heterocycles. The highest BCUT2D eigenvalue weighted by Crippen LogP contribution is 2.39. The zero-order chi connectivity index (χ0) is 13.5. The standard InChI is InChI=1S/C12H11NO5/c1-12(2)4-3-7-5-8(11(14)15)6-9(13(16)17)10(7)18-12/h3-6H,1-2H3,(H,14,15). The van der Waals surface area contributed by atoms with Gasteiger partial charge in [-0.1, -0.05) is 6.08 Å². The summed E-state index contributed by atoms with van der Waals surface area (Å²) in [5.74, 6) is -1.10. The molecule has 1 aromatic carbocycles. The summed E-state index contributed by atoms with van der Waals surface area (Å²) in [4.78, 5) is 21.2. The first-order chi connectivity index (χ1) is 8.30. The first kappa shape index (κ1) is 12.1. The summed E-state index contributed by atoms with van der Waals surface area (Å²) in [6.07, 6.45) is 3.36. The number of nitro benzene ring substituents is 1. The molecule has 18 heavy (non-hydrogen) atoms. The normalized spacial score (nSPS) is 15.7. The van der Waals surface area contributed by atoms with Crippen LogP contribution in [0.2, 0.25) is 0 Å². The van der Waals surface area contributed by atoms with Gasteiger partial charge in [-0.25, -0.2) is 4.79 Å². The first-order valence-electron chi connectivity index (χ1n) is 5.24. The molecule has 0 saturated carbocycles. The Kier molecular flexibility index (Phi) is 2.58. The molecule has 0 unspecified atom stereocenters. The predicted molar refractivity (Wildman–Crippen MR) is 63.8 cm³/mol. The third-order valence-electron chi connectivity index (χ3n) is 2.57. The Labute approximate surface area is 103 Å². The zero-order valence-corrected chi connectivity index (χ0v) is 9.84. The van der Waals surface area contributed by atoms with Crippen molar-refractivity contribution in [2.24, 2.45) is 0 Å². The highest BCUT2D eigenvalue weighted by molar-refractivity contribution is 5.90. The Balaban J connectivity index is 2.67. The SMILES string of the molecule is CC1(C)C=Cc2cc(C(=O)O)cc([N+](=O)[O-])c2O1. The van der Waals surface area contributed by atoms with Crippen LogP contribution in [0.1, 0.15) is 29.8 Å². The number of nitrogens with zero attached hydrogens (tertiary/aromatic N) is 1. The second kappa shape index (κ2) is 3.83. The van der Waals surface area contributed by atoms with E-state index in [1.807, 2.05) is 0 Å².